The highest BCUT2D eigenvalue weighted by molar-refractivity contribution is 5.93. The van der Waals surface area contributed by atoms with E-state index in [2.05, 4.69) is 17.1 Å². The molecule has 114 valence electrons. The van der Waals surface area contributed by atoms with Crippen LogP contribution in [0.5, 0.6) is 0 Å². The van der Waals surface area contributed by atoms with E-state index in [1.165, 1.54) is 32.1 Å². The lowest BCUT2D eigenvalue weighted by Crippen LogP contribution is -2.40. The number of ether oxygens (including phenoxy) is 1. The SMILES string of the molecule is O=C(c1cc(C=CC2CCCCC2)c[nH]1)N1CCOCC1. The molecule has 2 fully saturated rings. The van der Waals surface area contributed by atoms with Crippen LogP contribution >= 0.6 is 0 Å². The first-order valence-corrected chi connectivity index (χ1v) is 8.06. The number of hydrogen-bond donors (Lipinski definition) is 1. The molecule has 1 aromatic heterocycles. The maximum absolute atomic E-state index is 12.3. The molecule has 21 heavy (non-hydrogen) atoms. The number of carbonyl (C=O) groups excluding carboxylic acids is 1. The van der Waals surface area contributed by atoms with E-state index in [0.29, 0.717) is 37.9 Å². The zero-order valence-corrected chi connectivity index (χ0v) is 12.5. The van der Waals surface area contributed by atoms with Crippen LogP contribution < -0.4 is 0 Å². The average Bonchev–Trinajstić information content (AvgIpc) is 3.03. The molecule has 2 heterocycles. The van der Waals surface area contributed by atoms with Gasteiger partial charge in [-0.05, 0) is 30.4 Å². The van der Waals surface area contributed by atoms with Gasteiger partial charge in [0.25, 0.3) is 5.91 Å². The molecule has 4 heteroatoms. The van der Waals surface area contributed by atoms with Gasteiger partial charge in [0.2, 0.25) is 0 Å². The van der Waals surface area contributed by atoms with Crippen molar-refractivity contribution in [1.29, 1.82) is 0 Å². The number of allylic oxidation sites excluding steroid dienone is 1. The van der Waals surface area contributed by atoms with E-state index in [1.807, 2.05) is 17.2 Å². The first-order valence-electron chi connectivity index (χ1n) is 8.06. The summed E-state index contributed by atoms with van der Waals surface area (Å²) >= 11 is 0. The molecule has 1 saturated heterocycles. The van der Waals surface area contributed by atoms with Crippen molar-refractivity contribution in [3.8, 4) is 0 Å². The molecule has 2 aliphatic rings. The molecule has 0 bridgehead atoms. The van der Waals surface area contributed by atoms with E-state index < -0.39 is 0 Å². The largest absolute Gasteiger partial charge is 0.378 e. The quantitative estimate of drug-likeness (QED) is 0.929. The molecule has 1 amide bonds. The molecule has 0 radical (unpaired) electrons. The Morgan fingerprint density at radius 1 is 1.24 bits per heavy atom. The van der Waals surface area contributed by atoms with Gasteiger partial charge in [-0.3, -0.25) is 4.79 Å². The summed E-state index contributed by atoms with van der Waals surface area (Å²) in [6.07, 6.45) is 13.1. The van der Waals surface area contributed by atoms with Crippen molar-refractivity contribution in [1.82, 2.24) is 9.88 Å². The van der Waals surface area contributed by atoms with Gasteiger partial charge < -0.3 is 14.6 Å². The Morgan fingerprint density at radius 2 is 2.00 bits per heavy atom. The second kappa shape index (κ2) is 6.94. The predicted octanol–water partition coefficient (Wildman–Crippen LogP) is 3.08. The summed E-state index contributed by atoms with van der Waals surface area (Å²) in [6, 6.07) is 1.96. The van der Waals surface area contributed by atoms with Gasteiger partial charge in [-0.25, -0.2) is 0 Å². The lowest BCUT2D eigenvalue weighted by atomic mass is 9.89. The molecule has 1 aliphatic carbocycles. The summed E-state index contributed by atoms with van der Waals surface area (Å²) in [7, 11) is 0. The molecule has 1 aromatic rings. The molecule has 0 atom stereocenters. The van der Waals surface area contributed by atoms with Crippen LogP contribution in [0.4, 0.5) is 0 Å². The number of nitrogens with one attached hydrogen (secondary N) is 1. The summed E-state index contributed by atoms with van der Waals surface area (Å²) < 4.78 is 5.28. The van der Waals surface area contributed by atoms with E-state index in [-0.39, 0.29) is 5.91 Å². The summed E-state index contributed by atoms with van der Waals surface area (Å²) in [5, 5.41) is 0. The summed E-state index contributed by atoms with van der Waals surface area (Å²) in [4.78, 5) is 17.3. The van der Waals surface area contributed by atoms with Crippen molar-refractivity contribution in [2.45, 2.75) is 32.1 Å². The lowest BCUT2D eigenvalue weighted by molar-refractivity contribution is 0.0299. The van der Waals surface area contributed by atoms with E-state index in [0.717, 1.165) is 5.56 Å². The fraction of sp³-hybridized carbons (Fsp3) is 0.588. The standard InChI is InChI=1S/C17H24N2O2/c20-17(19-8-10-21-11-9-19)16-12-15(13-18-16)7-6-14-4-2-1-3-5-14/h6-7,12-14,18H,1-5,8-11H2. The zero-order valence-electron chi connectivity index (χ0n) is 12.5. The maximum atomic E-state index is 12.3. The minimum absolute atomic E-state index is 0.0793. The first-order chi connectivity index (χ1) is 10.3. The number of morpholine rings is 1. The third kappa shape index (κ3) is 3.76. The second-order valence-electron chi connectivity index (χ2n) is 6.01. The predicted molar refractivity (Wildman–Crippen MR) is 83.1 cm³/mol. The fourth-order valence-corrected chi connectivity index (χ4v) is 3.14. The number of hydrogen-bond acceptors (Lipinski definition) is 2. The molecular weight excluding hydrogens is 264 g/mol. The van der Waals surface area contributed by atoms with Crippen LogP contribution in [0.3, 0.4) is 0 Å². The van der Waals surface area contributed by atoms with E-state index in [1.54, 1.807) is 0 Å². The molecule has 1 aliphatic heterocycles. The van der Waals surface area contributed by atoms with Crippen molar-refractivity contribution in [3.63, 3.8) is 0 Å². The Morgan fingerprint density at radius 3 is 2.76 bits per heavy atom. The lowest BCUT2D eigenvalue weighted by Gasteiger charge is -2.26. The molecule has 0 aromatic carbocycles. The first kappa shape index (κ1) is 14.4. The zero-order chi connectivity index (χ0) is 14.5. The van der Waals surface area contributed by atoms with Crippen molar-refractivity contribution in [3.05, 3.63) is 29.6 Å². The number of H-pyrrole nitrogens is 1. The van der Waals surface area contributed by atoms with E-state index >= 15 is 0 Å². The Hall–Kier alpha value is -1.55. The van der Waals surface area contributed by atoms with Crippen molar-refractivity contribution in [2.24, 2.45) is 5.92 Å². The second-order valence-corrected chi connectivity index (χ2v) is 6.01. The van der Waals surface area contributed by atoms with Crippen molar-refractivity contribution in [2.75, 3.05) is 26.3 Å². The molecule has 0 unspecified atom stereocenters. The van der Waals surface area contributed by atoms with Crippen LogP contribution in [0.25, 0.3) is 6.08 Å². The highest BCUT2D eigenvalue weighted by Gasteiger charge is 2.19. The van der Waals surface area contributed by atoms with Crippen molar-refractivity contribution >= 4 is 12.0 Å². The van der Waals surface area contributed by atoms with Gasteiger partial charge in [0, 0.05) is 19.3 Å². The minimum atomic E-state index is 0.0793. The van der Waals surface area contributed by atoms with E-state index in [4.69, 9.17) is 4.74 Å². The summed E-state index contributed by atoms with van der Waals surface area (Å²) in [5.41, 5.74) is 1.78. The molecule has 4 nitrogen and oxygen atoms in total. The Kier molecular flexibility index (Phi) is 4.76. The fourth-order valence-electron chi connectivity index (χ4n) is 3.14. The average molecular weight is 288 g/mol. The number of amides is 1. The van der Waals surface area contributed by atoms with Gasteiger partial charge in [-0.1, -0.05) is 31.4 Å². The Bertz CT molecular complexity index is 495. The highest BCUT2D eigenvalue weighted by Crippen LogP contribution is 2.25. The van der Waals surface area contributed by atoms with Crippen LogP contribution in [-0.4, -0.2) is 42.1 Å². The maximum Gasteiger partial charge on any atom is 0.270 e. The van der Waals surface area contributed by atoms with E-state index in [9.17, 15) is 4.79 Å². The van der Waals surface area contributed by atoms with Crippen molar-refractivity contribution < 1.29 is 9.53 Å². The van der Waals surface area contributed by atoms with Crippen LogP contribution in [0.1, 0.15) is 48.2 Å². The van der Waals surface area contributed by atoms with Gasteiger partial charge in [-0.15, -0.1) is 0 Å². The molecule has 1 N–H and O–H groups in total. The third-order valence-corrected chi connectivity index (χ3v) is 4.44. The molecule has 0 spiro atoms. The van der Waals surface area contributed by atoms with Gasteiger partial charge in [0.15, 0.2) is 0 Å². The van der Waals surface area contributed by atoms with Crippen LogP contribution in [0.15, 0.2) is 18.3 Å². The number of rotatable bonds is 3. The van der Waals surface area contributed by atoms with Gasteiger partial charge in [0.05, 0.1) is 13.2 Å². The van der Waals surface area contributed by atoms with Gasteiger partial charge in [-0.2, -0.15) is 0 Å². The smallest absolute Gasteiger partial charge is 0.270 e. The van der Waals surface area contributed by atoms with Crippen LogP contribution in [-0.2, 0) is 4.74 Å². The topological polar surface area (TPSA) is 45.3 Å². The third-order valence-electron chi connectivity index (χ3n) is 4.44. The summed E-state index contributed by atoms with van der Waals surface area (Å²) in [5.74, 6) is 0.794. The minimum Gasteiger partial charge on any atom is -0.378 e. The molecular formula is C17H24N2O2. The normalized spacial score (nSPS) is 21.0. The Labute approximate surface area is 126 Å². The number of aromatic nitrogens is 1. The van der Waals surface area contributed by atoms with Gasteiger partial charge >= 0.3 is 0 Å². The monoisotopic (exact) mass is 288 g/mol. The van der Waals surface area contributed by atoms with Crippen LogP contribution in [0.2, 0.25) is 0 Å². The van der Waals surface area contributed by atoms with Gasteiger partial charge in [0.1, 0.15) is 5.69 Å². The number of nitrogens with zero attached hydrogens (tertiary/aromatic N) is 1. The number of aromatic amines is 1. The summed E-state index contributed by atoms with van der Waals surface area (Å²) in [6.45, 7) is 2.65. The highest BCUT2D eigenvalue weighted by atomic mass is 16.5. The Balaban J connectivity index is 1.59. The van der Waals surface area contributed by atoms with Crippen LogP contribution in [0, 0.1) is 5.92 Å². The molecule has 1 saturated carbocycles. The number of carbonyl (C=O) groups is 1. The molecule has 3 rings (SSSR count).